The third-order valence-corrected chi connectivity index (χ3v) is 6.10. The van der Waals surface area contributed by atoms with E-state index in [1.54, 1.807) is 12.6 Å². The van der Waals surface area contributed by atoms with Gasteiger partial charge < -0.3 is 14.6 Å². The van der Waals surface area contributed by atoms with Crippen molar-refractivity contribution in [2.45, 2.75) is 12.8 Å². The Morgan fingerprint density at radius 1 is 1.13 bits per heavy atom. The summed E-state index contributed by atoms with van der Waals surface area (Å²) >= 11 is 1.40. The van der Waals surface area contributed by atoms with Crippen molar-refractivity contribution in [3.8, 4) is 22.7 Å². The van der Waals surface area contributed by atoms with Crippen molar-refractivity contribution in [2.24, 2.45) is 5.92 Å². The summed E-state index contributed by atoms with van der Waals surface area (Å²) in [6, 6.07) is 15.7. The Labute approximate surface area is 183 Å². The van der Waals surface area contributed by atoms with Gasteiger partial charge in [-0.25, -0.2) is 15.0 Å². The number of amides is 1. The average Bonchev–Trinajstić information content (AvgIpc) is 3.52. The molecule has 0 saturated carbocycles. The highest BCUT2D eigenvalue weighted by atomic mass is 32.1. The van der Waals surface area contributed by atoms with Crippen LogP contribution in [-0.2, 0) is 4.79 Å². The lowest BCUT2D eigenvalue weighted by Gasteiger charge is -2.32. The number of aromatic nitrogens is 3. The van der Waals surface area contributed by atoms with E-state index in [-0.39, 0.29) is 11.8 Å². The number of hydrogen-bond donors (Lipinski definition) is 1. The monoisotopic (exact) mass is 431 g/mol. The number of nitrogens with zero attached hydrogens (tertiary/aromatic N) is 4. The molecule has 1 aliphatic heterocycles. The number of nitrogens with one attached hydrogen (secondary N) is 1. The van der Waals surface area contributed by atoms with Gasteiger partial charge in [0.05, 0.1) is 17.9 Å². The lowest BCUT2D eigenvalue weighted by atomic mass is 9.97. The molecule has 156 valence electrons. The Balaban J connectivity index is 1.27. The van der Waals surface area contributed by atoms with Crippen molar-refractivity contribution in [3.05, 3.63) is 66.5 Å². The third kappa shape index (κ3) is 4.34. The van der Waals surface area contributed by atoms with Gasteiger partial charge in [0, 0.05) is 30.1 Å². The SMILES string of the molecule is O=C(Nc1nc(-c2ccco2)cs1)C1CCCN(c2cc(-c3ccccc3)ncn2)C1. The van der Waals surface area contributed by atoms with Gasteiger partial charge in [-0.3, -0.25) is 4.79 Å². The fourth-order valence-electron chi connectivity index (χ4n) is 3.76. The average molecular weight is 432 g/mol. The first-order valence-electron chi connectivity index (χ1n) is 10.2. The number of furan rings is 1. The summed E-state index contributed by atoms with van der Waals surface area (Å²) in [5, 5.41) is 5.44. The summed E-state index contributed by atoms with van der Waals surface area (Å²) < 4.78 is 5.37. The predicted octanol–water partition coefficient (Wildman–Crippen LogP) is 4.72. The number of carbonyl (C=O) groups excluding carboxylic acids is 1. The van der Waals surface area contributed by atoms with Crippen molar-refractivity contribution < 1.29 is 9.21 Å². The summed E-state index contributed by atoms with van der Waals surface area (Å²) in [6.07, 6.45) is 4.97. The van der Waals surface area contributed by atoms with Crippen molar-refractivity contribution in [1.29, 1.82) is 0 Å². The molecule has 1 atom stereocenters. The molecule has 4 heterocycles. The molecular weight excluding hydrogens is 410 g/mol. The number of rotatable bonds is 5. The summed E-state index contributed by atoms with van der Waals surface area (Å²) in [5.41, 5.74) is 2.66. The Bertz CT molecular complexity index is 1160. The lowest BCUT2D eigenvalue weighted by Crippen LogP contribution is -2.41. The highest BCUT2D eigenvalue weighted by Gasteiger charge is 2.27. The maximum absolute atomic E-state index is 12.9. The molecule has 1 unspecified atom stereocenters. The van der Waals surface area contributed by atoms with Gasteiger partial charge in [-0.2, -0.15) is 0 Å². The molecule has 0 aliphatic carbocycles. The fourth-order valence-corrected chi connectivity index (χ4v) is 4.46. The molecule has 0 bridgehead atoms. The van der Waals surface area contributed by atoms with Crippen LogP contribution in [0.3, 0.4) is 0 Å². The van der Waals surface area contributed by atoms with Gasteiger partial charge >= 0.3 is 0 Å². The van der Waals surface area contributed by atoms with Crippen LogP contribution in [0.1, 0.15) is 12.8 Å². The van der Waals surface area contributed by atoms with Crippen molar-refractivity contribution in [2.75, 3.05) is 23.3 Å². The summed E-state index contributed by atoms with van der Waals surface area (Å²) in [5.74, 6) is 1.40. The van der Waals surface area contributed by atoms with Crippen LogP contribution >= 0.6 is 11.3 Å². The molecule has 0 spiro atoms. The highest BCUT2D eigenvalue weighted by molar-refractivity contribution is 7.14. The first kappa shape index (κ1) is 19.4. The van der Waals surface area contributed by atoms with Crippen LogP contribution in [0, 0.1) is 5.92 Å². The molecule has 0 radical (unpaired) electrons. The standard InChI is InChI=1S/C23H21N5O2S/c29-22(27-23-26-19(14-31-23)20-9-5-11-30-20)17-8-4-10-28(13-17)21-12-18(24-15-25-21)16-6-2-1-3-7-16/h1-3,5-7,9,11-12,14-15,17H,4,8,10,13H2,(H,26,27,29). The van der Waals surface area contributed by atoms with Crippen LogP contribution in [0.2, 0.25) is 0 Å². The maximum atomic E-state index is 12.9. The Morgan fingerprint density at radius 3 is 2.87 bits per heavy atom. The van der Waals surface area contributed by atoms with Crippen LogP contribution in [0.4, 0.5) is 10.9 Å². The van der Waals surface area contributed by atoms with Crippen LogP contribution < -0.4 is 10.2 Å². The maximum Gasteiger partial charge on any atom is 0.231 e. The third-order valence-electron chi connectivity index (χ3n) is 5.35. The largest absolute Gasteiger partial charge is 0.463 e. The van der Waals surface area contributed by atoms with E-state index in [0.717, 1.165) is 42.2 Å². The number of carbonyl (C=O) groups is 1. The van der Waals surface area contributed by atoms with E-state index in [4.69, 9.17) is 4.42 Å². The van der Waals surface area contributed by atoms with Crippen molar-refractivity contribution >= 4 is 28.2 Å². The van der Waals surface area contributed by atoms with Crippen LogP contribution in [-0.4, -0.2) is 33.9 Å². The smallest absolute Gasteiger partial charge is 0.231 e. The minimum atomic E-state index is -0.125. The molecule has 1 saturated heterocycles. The van der Waals surface area contributed by atoms with Gasteiger partial charge in [0.25, 0.3) is 0 Å². The number of benzene rings is 1. The van der Waals surface area contributed by atoms with Gasteiger partial charge in [0.15, 0.2) is 10.9 Å². The Morgan fingerprint density at radius 2 is 2.03 bits per heavy atom. The molecule has 31 heavy (non-hydrogen) atoms. The van der Waals surface area contributed by atoms with Crippen LogP contribution in [0.15, 0.2) is 70.9 Å². The van der Waals surface area contributed by atoms with Gasteiger partial charge in [0.2, 0.25) is 5.91 Å². The summed E-state index contributed by atoms with van der Waals surface area (Å²) in [4.78, 5) is 28.4. The number of hydrogen-bond acceptors (Lipinski definition) is 7. The van der Waals surface area contributed by atoms with Gasteiger partial charge in [-0.05, 0) is 25.0 Å². The molecule has 3 aromatic heterocycles. The number of thiazole rings is 1. The normalized spacial score (nSPS) is 16.3. The van der Waals surface area contributed by atoms with Gasteiger partial charge in [-0.1, -0.05) is 30.3 Å². The molecule has 5 rings (SSSR count). The molecular formula is C23H21N5O2S. The molecule has 1 amide bonds. The van der Waals surface area contributed by atoms with Gasteiger partial charge in [-0.15, -0.1) is 11.3 Å². The quantitative estimate of drug-likeness (QED) is 0.492. The minimum Gasteiger partial charge on any atom is -0.463 e. The first-order valence-corrected chi connectivity index (χ1v) is 11.1. The second-order valence-electron chi connectivity index (χ2n) is 7.42. The molecule has 1 N–H and O–H groups in total. The van der Waals surface area contributed by atoms with Gasteiger partial charge in [0.1, 0.15) is 17.8 Å². The molecule has 1 aromatic carbocycles. The van der Waals surface area contributed by atoms with E-state index >= 15 is 0 Å². The number of anilines is 2. The predicted molar refractivity (Wildman–Crippen MR) is 121 cm³/mol. The van der Waals surface area contributed by atoms with Crippen LogP contribution in [0.25, 0.3) is 22.7 Å². The summed E-state index contributed by atoms with van der Waals surface area (Å²) in [7, 11) is 0. The van der Waals surface area contributed by atoms with E-state index in [1.165, 1.54) is 11.3 Å². The zero-order valence-electron chi connectivity index (χ0n) is 16.8. The summed E-state index contributed by atoms with van der Waals surface area (Å²) in [6.45, 7) is 1.49. The Hall–Kier alpha value is -3.52. The van der Waals surface area contributed by atoms with Crippen molar-refractivity contribution in [3.63, 3.8) is 0 Å². The van der Waals surface area contributed by atoms with E-state index in [2.05, 4.69) is 25.2 Å². The molecule has 4 aromatic rings. The van der Waals surface area contributed by atoms with E-state index in [9.17, 15) is 4.79 Å². The van der Waals surface area contributed by atoms with E-state index < -0.39 is 0 Å². The van der Waals surface area contributed by atoms with Crippen LogP contribution in [0.5, 0.6) is 0 Å². The highest BCUT2D eigenvalue weighted by Crippen LogP contribution is 2.28. The molecule has 7 nitrogen and oxygen atoms in total. The topological polar surface area (TPSA) is 84.2 Å². The first-order chi connectivity index (χ1) is 15.3. The molecule has 1 fully saturated rings. The minimum absolute atomic E-state index is 0.0117. The van der Waals surface area contributed by atoms with E-state index in [0.29, 0.717) is 17.4 Å². The zero-order chi connectivity index (χ0) is 21.0. The number of piperidine rings is 1. The zero-order valence-corrected chi connectivity index (χ0v) is 17.6. The lowest BCUT2D eigenvalue weighted by molar-refractivity contribution is -0.120. The fraction of sp³-hybridized carbons (Fsp3) is 0.217. The van der Waals surface area contributed by atoms with Crippen molar-refractivity contribution in [1.82, 2.24) is 15.0 Å². The second-order valence-corrected chi connectivity index (χ2v) is 8.28. The molecule has 8 heteroatoms. The molecule has 1 aliphatic rings. The second kappa shape index (κ2) is 8.69. The Kier molecular flexibility index (Phi) is 5.45. The van der Waals surface area contributed by atoms with E-state index in [1.807, 2.05) is 53.9 Å².